The second kappa shape index (κ2) is 7.26. The SMILES string of the molecule is COc1cccc(NC(=O)C(=O)N(C)Cc2ccccc2)c1. The number of hydrogen-bond donors (Lipinski definition) is 1. The van der Waals surface area contributed by atoms with Crippen molar-refractivity contribution < 1.29 is 14.3 Å². The molecule has 0 fully saturated rings. The van der Waals surface area contributed by atoms with Crippen molar-refractivity contribution in [2.24, 2.45) is 0 Å². The van der Waals surface area contributed by atoms with Crippen molar-refractivity contribution in [2.75, 3.05) is 19.5 Å². The minimum Gasteiger partial charge on any atom is -0.497 e. The summed E-state index contributed by atoms with van der Waals surface area (Å²) in [6.45, 7) is 0.380. The maximum absolute atomic E-state index is 12.1. The van der Waals surface area contributed by atoms with E-state index in [-0.39, 0.29) is 0 Å². The molecular weight excluding hydrogens is 280 g/mol. The molecule has 0 saturated heterocycles. The van der Waals surface area contributed by atoms with E-state index in [4.69, 9.17) is 4.74 Å². The topological polar surface area (TPSA) is 58.6 Å². The number of methoxy groups -OCH3 is 1. The summed E-state index contributed by atoms with van der Waals surface area (Å²) in [6.07, 6.45) is 0. The van der Waals surface area contributed by atoms with Gasteiger partial charge in [-0.3, -0.25) is 9.59 Å². The van der Waals surface area contributed by atoms with Gasteiger partial charge >= 0.3 is 11.8 Å². The summed E-state index contributed by atoms with van der Waals surface area (Å²) in [4.78, 5) is 25.5. The Kier molecular flexibility index (Phi) is 5.14. The van der Waals surface area contributed by atoms with E-state index >= 15 is 0 Å². The molecule has 5 nitrogen and oxygen atoms in total. The first kappa shape index (κ1) is 15.6. The van der Waals surface area contributed by atoms with Crippen LogP contribution in [0.1, 0.15) is 5.56 Å². The number of nitrogens with zero attached hydrogens (tertiary/aromatic N) is 1. The molecule has 0 aliphatic rings. The van der Waals surface area contributed by atoms with Crippen LogP contribution in [0.15, 0.2) is 54.6 Å². The molecule has 0 aromatic heterocycles. The Bertz CT molecular complexity index is 656. The van der Waals surface area contributed by atoms with E-state index in [0.29, 0.717) is 18.0 Å². The van der Waals surface area contributed by atoms with Gasteiger partial charge in [-0.25, -0.2) is 0 Å². The van der Waals surface area contributed by atoms with Gasteiger partial charge in [-0.2, -0.15) is 0 Å². The fraction of sp³-hybridized carbons (Fsp3) is 0.176. The maximum atomic E-state index is 12.1. The summed E-state index contributed by atoms with van der Waals surface area (Å²) in [6, 6.07) is 16.4. The Morgan fingerprint density at radius 3 is 2.50 bits per heavy atom. The van der Waals surface area contributed by atoms with Crippen LogP contribution in [0.4, 0.5) is 5.69 Å². The van der Waals surface area contributed by atoms with Gasteiger partial charge in [0.15, 0.2) is 0 Å². The van der Waals surface area contributed by atoms with Crippen LogP contribution in [-0.2, 0) is 16.1 Å². The quantitative estimate of drug-likeness (QED) is 0.881. The molecule has 2 amide bonds. The lowest BCUT2D eigenvalue weighted by molar-refractivity contribution is -0.142. The van der Waals surface area contributed by atoms with Crippen LogP contribution >= 0.6 is 0 Å². The van der Waals surface area contributed by atoms with Crippen molar-refractivity contribution in [1.29, 1.82) is 0 Å². The highest BCUT2D eigenvalue weighted by Gasteiger charge is 2.19. The van der Waals surface area contributed by atoms with E-state index in [1.807, 2.05) is 30.3 Å². The van der Waals surface area contributed by atoms with Gasteiger partial charge in [0, 0.05) is 25.3 Å². The van der Waals surface area contributed by atoms with Gasteiger partial charge < -0.3 is 15.0 Å². The molecule has 5 heteroatoms. The lowest BCUT2D eigenvalue weighted by Crippen LogP contribution is -2.36. The third kappa shape index (κ3) is 4.09. The van der Waals surface area contributed by atoms with Crippen molar-refractivity contribution in [3.63, 3.8) is 0 Å². The van der Waals surface area contributed by atoms with Crippen molar-refractivity contribution in [2.45, 2.75) is 6.54 Å². The number of carbonyl (C=O) groups is 2. The molecule has 0 bridgehead atoms. The number of ether oxygens (including phenoxy) is 1. The highest BCUT2D eigenvalue weighted by molar-refractivity contribution is 6.39. The van der Waals surface area contributed by atoms with Crippen molar-refractivity contribution in [1.82, 2.24) is 4.90 Å². The zero-order valence-electron chi connectivity index (χ0n) is 12.6. The van der Waals surface area contributed by atoms with Crippen LogP contribution in [0.3, 0.4) is 0 Å². The zero-order chi connectivity index (χ0) is 15.9. The fourth-order valence-electron chi connectivity index (χ4n) is 1.99. The van der Waals surface area contributed by atoms with Gasteiger partial charge in [0.05, 0.1) is 7.11 Å². The lowest BCUT2D eigenvalue weighted by Gasteiger charge is -2.16. The average molecular weight is 298 g/mol. The smallest absolute Gasteiger partial charge is 0.313 e. The van der Waals surface area contributed by atoms with Crippen molar-refractivity contribution >= 4 is 17.5 Å². The minimum atomic E-state index is -0.674. The van der Waals surface area contributed by atoms with E-state index < -0.39 is 11.8 Å². The standard InChI is InChI=1S/C17H18N2O3/c1-19(12-13-7-4-3-5-8-13)17(21)16(20)18-14-9-6-10-15(11-14)22-2/h3-11H,12H2,1-2H3,(H,18,20). The Morgan fingerprint density at radius 1 is 1.09 bits per heavy atom. The third-order valence-electron chi connectivity index (χ3n) is 3.13. The molecule has 2 aromatic carbocycles. The minimum absolute atomic E-state index is 0.380. The Hall–Kier alpha value is -2.82. The summed E-state index contributed by atoms with van der Waals surface area (Å²) in [5, 5.41) is 2.57. The van der Waals surface area contributed by atoms with E-state index in [0.717, 1.165) is 5.56 Å². The first-order valence-electron chi connectivity index (χ1n) is 6.84. The number of nitrogens with one attached hydrogen (secondary N) is 1. The molecule has 114 valence electrons. The Balaban J connectivity index is 1.97. The third-order valence-corrected chi connectivity index (χ3v) is 3.13. The lowest BCUT2D eigenvalue weighted by atomic mass is 10.2. The number of hydrogen-bond acceptors (Lipinski definition) is 3. The summed E-state index contributed by atoms with van der Waals surface area (Å²) < 4.78 is 5.08. The molecule has 1 N–H and O–H groups in total. The Labute approximate surface area is 129 Å². The van der Waals surface area contributed by atoms with E-state index in [2.05, 4.69) is 5.32 Å². The van der Waals surface area contributed by atoms with Crippen LogP contribution in [0.2, 0.25) is 0 Å². The molecule has 0 radical (unpaired) electrons. The monoisotopic (exact) mass is 298 g/mol. The molecule has 0 heterocycles. The van der Waals surface area contributed by atoms with Gasteiger partial charge in [0.25, 0.3) is 0 Å². The largest absolute Gasteiger partial charge is 0.497 e. The number of amides is 2. The molecule has 0 saturated carbocycles. The first-order valence-corrected chi connectivity index (χ1v) is 6.84. The molecule has 0 aliphatic heterocycles. The van der Waals surface area contributed by atoms with E-state index in [1.165, 1.54) is 4.90 Å². The van der Waals surface area contributed by atoms with Crippen LogP contribution in [0.5, 0.6) is 5.75 Å². The molecule has 2 aromatic rings. The predicted molar refractivity (Wildman–Crippen MR) is 84.5 cm³/mol. The molecular formula is C17H18N2O3. The molecule has 0 unspecified atom stereocenters. The fourth-order valence-corrected chi connectivity index (χ4v) is 1.99. The van der Waals surface area contributed by atoms with Crippen molar-refractivity contribution in [3.8, 4) is 5.75 Å². The highest BCUT2D eigenvalue weighted by atomic mass is 16.5. The number of carbonyl (C=O) groups excluding carboxylic acids is 2. The summed E-state index contributed by atoms with van der Waals surface area (Å²) in [7, 11) is 3.14. The molecule has 22 heavy (non-hydrogen) atoms. The van der Waals surface area contributed by atoms with Crippen LogP contribution < -0.4 is 10.1 Å². The normalized spacial score (nSPS) is 9.91. The molecule has 0 atom stereocenters. The maximum Gasteiger partial charge on any atom is 0.313 e. The molecule has 0 spiro atoms. The van der Waals surface area contributed by atoms with Crippen molar-refractivity contribution in [3.05, 3.63) is 60.2 Å². The van der Waals surface area contributed by atoms with E-state index in [1.54, 1.807) is 38.4 Å². The second-order valence-electron chi connectivity index (χ2n) is 4.83. The second-order valence-corrected chi connectivity index (χ2v) is 4.83. The number of likely N-dealkylation sites (N-methyl/N-ethyl adjacent to an activating group) is 1. The summed E-state index contributed by atoms with van der Waals surface area (Å²) in [5.74, 6) is -0.652. The van der Waals surface area contributed by atoms with Gasteiger partial charge in [0.1, 0.15) is 5.75 Å². The molecule has 2 rings (SSSR count). The van der Waals surface area contributed by atoms with Crippen LogP contribution in [0, 0.1) is 0 Å². The van der Waals surface area contributed by atoms with Crippen LogP contribution in [-0.4, -0.2) is 30.9 Å². The predicted octanol–water partition coefficient (Wildman–Crippen LogP) is 2.29. The highest BCUT2D eigenvalue weighted by Crippen LogP contribution is 2.16. The van der Waals surface area contributed by atoms with Crippen LogP contribution in [0.25, 0.3) is 0 Å². The average Bonchev–Trinajstić information content (AvgIpc) is 2.55. The van der Waals surface area contributed by atoms with E-state index in [9.17, 15) is 9.59 Å². The summed E-state index contributed by atoms with van der Waals surface area (Å²) in [5.41, 5.74) is 1.48. The summed E-state index contributed by atoms with van der Waals surface area (Å²) >= 11 is 0. The number of benzene rings is 2. The van der Waals surface area contributed by atoms with Gasteiger partial charge in [-0.15, -0.1) is 0 Å². The number of anilines is 1. The Morgan fingerprint density at radius 2 is 1.82 bits per heavy atom. The van der Waals surface area contributed by atoms with Gasteiger partial charge in [0.2, 0.25) is 0 Å². The van der Waals surface area contributed by atoms with Gasteiger partial charge in [-0.1, -0.05) is 36.4 Å². The number of rotatable bonds is 4. The molecule has 0 aliphatic carbocycles. The zero-order valence-corrected chi connectivity index (χ0v) is 12.6. The van der Waals surface area contributed by atoms with Gasteiger partial charge in [-0.05, 0) is 17.7 Å². The first-order chi connectivity index (χ1) is 10.6.